The molecule has 2 rings (SSSR count). The maximum absolute atomic E-state index is 11.7. The molecule has 5 nitrogen and oxygen atoms in total. The Morgan fingerprint density at radius 3 is 2.42 bits per heavy atom. The Kier molecular flexibility index (Phi) is 3.55. The average molecular weight is 260 g/mol. The van der Waals surface area contributed by atoms with E-state index in [0.29, 0.717) is 11.4 Å². The molecule has 100 valence electrons. The third kappa shape index (κ3) is 2.19. The summed E-state index contributed by atoms with van der Waals surface area (Å²) in [5.41, 5.74) is 3.04. The zero-order valence-electron chi connectivity index (χ0n) is 11.4. The first-order chi connectivity index (χ1) is 9.10. The molecular formula is C14H16N2O3. The van der Waals surface area contributed by atoms with E-state index in [-0.39, 0.29) is 11.3 Å². The smallest absolute Gasteiger partial charge is 0.293 e. The van der Waals surface area contributed by atoms with E-state index >= 15 is 0 Å². The molecule has 5 heteroatoms. The quantitative estimate of drug-likeness (QED) is 0.917. The van der Waals surface area contributed by atoms with Gasteiger partial charge in [0.2, 0.25) is 5.75 Å². The third-order valence-electron chi connectivity index (χ3n) is 3.15. The van der Waals surface area contributed by atoms with E-state index < -0.39 is 0 Å². The highest BCUT2D eigenvalue weighted by Crippen LogP contribution is 2.36. The van der Waals surface area contributed by atoms with Gasteiger partial charge in [-0.15, -0.1) is 0 Å². The molecule has 0 saturated carbocycles. The fourth-order valence-corrected chi connectivity index (χ4v) is 2.01. The van der Waals surface area contributed by atoms with Gasteiger partial charge >= 0.3 is 0 Å². The molecule has 1 aromatic carbocycles. The van der Waals surface area contributed by atoms with Crippen molar-refractivity contribution in [2.45, 2.75) is 13.8 Å². The van der Waals surface area contributed by atoms with Crippen molar-refractivity contribution in [1.29, 1.82) is 0 Å². The number of hydrogen-bond donors (Lipinski definition) is 1. The van der Waals surface area contributed by atoms with E-state index in [1.54, 1.807) is 7.11 Å². The van der Waals surface area contributed by atoms with Gasteiger partial charge in [-0.05, 0) is 31.0 Å². The van der Waals surface area contributed by atoms with Gasteiger partial charge in [0, 0.05) is 5.56 Å². The van der Waals surface area contributed by atoms with Crippen molar-refractivity contribution in [3.8, 4) is 22.8 Å². The van der Waals surface area contributed by atoms with E-state index in [4.69, 9.17) is 9.47 Å². The van der Waals surface area contributed by atoms with Crippen LogP contribution >= 0.6 is 0 Å². The minimum Gasteiger partial charge on any atom is -0.496 e. The summed E-state index contributed by atoms with van der Waals surface area (Å²) >= 11 is 0. The number of nitrogens with one attached hydrogen (secondary N) is 1. The number of hydrogen-bond acceptors (Lipinski definition) is 4. The molecule has 0 spiro atoms. The summed E-state index contributed by atoms with van der Waals surface area (Å²) in [5, 5.41) is 0. The van der Waals surface area contributed by atoms with Crippen molar-refractivity contribution in [2.75, 3.05) is 14.2 Å². The number of H-pyrrole nitrogens is 1. The molecule has 0 radical (unpaired) electrons. The summed E-state index contributed by atoms with van der Waals surface area (Å²) in [6.07, 6.45) is 1.36. The van der Waals surface area contributed by atoms with Crippen LogP contribution in [0.15, 0.2) is 23.3 Å². The minimum atomic E-state index is -0.312. The lowest BCUT2D eigenvalue weighted by atomic mass is 10.0. The zero-order chi connectivity index (χ0) is 14.0. The summed E-state index contributed by atoms with van der Waals surface area (Å²) in [6.45, 7) is 3.97. The topological polar surface area (TPSA) is 64.2 Å². The monoisotopic (exact) mass is 260 g/mol. The Hall–Kier alpha value is -2.30. The fourth-order valence-electron chi connectivity index (χ4n) is 2.01. The van der Waals surface area contributed by atoms with E-state index in [1.165, 1.54) is 13.4 Å². The molecule has 0 amide bonds. The molecule has 0 atom stereocenters. The lowest BCUT2D eigenvalue weighted by molar-refractivity contribution is 0.403. The molecule has 2 aromatic rings. The van der Waals surface area contributed by atoms with Gasteiger partial charge in [-0.3, -0.25) is 4.79 Å². The molecule has 0 fully saturated rings. The van der Waals surface area contributed by atoms with Crippen LogP contribution in [0.4, 0.5) is 0 Å². The van der Waals surface area contributed by atoms with E-state index in [1.807, 2.05) is 26.0 Å². The standard InChI is InChI=1S/C14H16N2O3/c1-8-5-6-10(12(18-3)9(8)2)11-13(19-4)14(17)16-7-15-11/h5-7H,1-4H3,(H,15,16,17). The number of aromatic amines is 1. The summed E-state index contributed by atoms with van der Waals surface area (Å²) < 4.78 is 10.6. The predicted octanol–water partition coefficient (Wildman–Crippen LogP) is 2.07. The second kappa shape index (κ2) is 5.14. The van der Waals surface area contributed by atoms with Crippen LogP contribution in [-0.4, -0.2) is 24.2 Å². The van der Waals surface area contributed by atoms with Gasteiger partial charge in [-0.2, -0.15) is 0 Å². The number of benzene rings is 1. The number of ether oxygens (including phenoxy) is 2. The van der Waals surface area contributed by atoms with Crippen molar-refractivity contribution in [3.05, 3.63) is 39.9 Å². The SMILES string of the molecule is COc1c(-c2nc[nH]c(=O)c2OC)ccc(C)c1C. The maximum Gasteiger partial charge on any atom is 0.293 e. The molecule has 0 bridgehead atoms. The van der Waals surface area contributed by atoms with Gasteiger partial charge in [-0.1, -0.05) is 6.07 Å². The van der Waals surface area contributed by atoms with Gasteiger partial charge in [-0.25, -0.2) is 4.98 Å². The average Bonchev–Trinajstić information content (AvgIpc) is 2.41. The van der Waals surface area contributed by atoms with Gasteiger partial charge in [0.1, 0.15) is 11.4 Å². The normalized spacial score (nSPS) is 10.3. The molecule has 0 saturated heterocycles. The van der Waals surface area contributed by atoms with E-state index in [2.05, 4.69) is 9.97 Å². The van der Waals surface area contributed by atoms with Gasteiger partial charge in [0.05, 0.1) is 20.5 Å². The first kappa shape index (κ1) is 13.1. The summed E-state index contributed by atoms with van der Waals surface area (Å²) in [6, 6.07) is 3.85. The second-order valence-corrected chi connectivity index (χ2v) is 4.20. The van der Waals surface area contributed by atoms with Crippen molar-refractivity contribution in [3.63, 3.8) is 0 Å². The molecular weight excluding hydrogens is 244 g/mol. The first-order valence-corrected chi connectivity index (χ1v) is 5.86. The van der Waals surface area contributed by atoms with Crippen molar-refractivity contribution < 1.29 is 9.47 Å². The third-order valence-corrected chi connectivity index (χ3v) is 3.15. The number of aryl methyl sites for hydroxylation is 1. The maximum atomic E-state index is 11.7. The van der Waals surface area contributed by atoms with Gasteiger partial charge < -0.3 is 14.5 Å². The highest BCUT2D eigenvalue weighted by Gasteiger charge is 2.17. The van der Waals surface area contributed by atoms with Crippen LogP contribution in [0.3, 0.4) is 0 Å². The van der Waals surface area contributed by atoms with Crippen molar-refractivity contribution >= 4 is 0 Å². The van der Waals surface area contributed by atoms with Crippen LogP contribution in [0.1, 0.15) is 11.1 Å². The first-order valence-electron chi connectivity index (χ1n) is 5.86. The highest BCUT2D eigenvalue weighted by molar-refractivity contribution is 5.74. The van der Waals surface area contributed by atoms with Crippen molar-refractivity contribution in [1.82, 2.24) is 9.97 Å². The van der Waals surface area contributed by atoms with E-state index in [0.717, 1.165) is 16.7 Å². The van der Waals surface area contributed by atoms with Crippen molar-refractivity contribution in [2.24, 2.45) is 0 Å². The molecule has 1 heterocycles. The predicted molar refractivity (Wildman–Crippen MR) is 72.9 cm³/mol. The second-order valence-electron chi connectivity index (χ2n) is 4.20. The minimum absolute atomic E-state index is 0.184. The summed E-state index contributed by atoms with van der Waals surface area (Å²) in [4.78, 5) is 18.4. The van der Waals surface area contributed by atoms with Gasteiger partial charge in [0.25, 0.3) is 5.56 Å². The van der Waals surface area contributed by atoms with Crippen LogP contribution in [-0.2, 0) is 0 Å². The molecule has 0 aliphatic heterocycles. The van der Waals surface area contributed by atoms with Crippen LogP contribution in [0.2, 0.25) is 0 Å². The van der Waals surface area contributed by atoms with Crippen LogP contribution in [0, 0.1) is 13.8 Å². The molecule has 0 aliphatic rings. The molecule has 1 aromatic heterocycles. The van der Waals surface area contributed by atoms with Crippen LogP contribution in [0.5, 0.6) is 11.5 Å². The molecule has 19 heavy (non-hydrogen) atoms. The summed E-state index contributed by atoms with van der Waals surface area (Å²) in [5.74, 6) is 0.889. The Labute approximate surface area is 111 Å². The number of aromatic nitrogens is 2. The van der Waals surface area contributed by atoms with Crippen LogP contribution < -0.4 is 15.0 Å². The van der Waals surface area contributed by atoms with E-state index in [9.17, 15) is 4.79 Å². The molecule has 1 N–H and O–H groups in total. The highest BCUT2D eigenvalue weighted by atomic mass is 16.5. The Bertz CT molecular complexity index is 662. The molecule has 0 unspecified atom stereocenters. The number of nitrogens with zero attached hydrogens (tertiary/aromatic N) is 1. The number of rotatable bonds is 3. The Morgan fingerprint density at radius 1 is 1.11 bits per heavy atom. The number of methoxy groups -OCH3 is 2. The lowest BCUT2D eigenvalue weighted by Crippen LogP contribution is -2.11. The Morgan fingerprint density at radius 2 is 1.79 bits per heavy atom. The fraction of sp³-hybridized carbons (Fsp3) is 0.286. The van der Waals surface area contributed by atoms with Gasteiger partial charge in [0.15, 0.2) is 0 Å². The Balaban J connectivity index is 2.76. The zero-order valence-corrected chi connectivity index (χ0v) is 11.4. The molecule has 0 aliphatic carbocycles. The largest absolute Gasteiger partial charge is 0.496 e. The lowest BCUT2D eigenvalue weighted by Gasteiger charge is -2.14. The summed E-state index contributed by atoms with van der Waals surface area (Å²) in [7, 11) is 3.05. The van der Waals surface area contributed by atoms with Crippen LogP contribution in [0.25, 0.3) is 11.3 Å².